The zero-order valence-corrected chi connectivity index (χ0v) is 18.2. The van der Waals surface area contributed by atoms with Crippen LogP contribution >= 0.6 is 11.6 Å². The van der Waals surface area contributed by atoms with E-state index >= 15 is 0 Å². The number of nitrogens with zero attached hydrogens (tertiary/aromatic N) is 1. The van der Waals surface area contributed by atoms with Crippen molar-refractivity contribution in [3.63, 3.8) is 0 Å². The molecule has 0 radical (unpaired) electrons. The molecule has 0 spiro atoms. The minimum atomic E-state index is -0.727. The molecule has 32 heavy (non-hydrogen) atoms. The van der Waals surface area contributed by atoms with Crippen molar-refractivity contribution in [1.82, 2.24) is 4.90 Å². The molecule has 160 valence electrons. The maximum Gasteiger partial charge on any atom is 0.244 e. The monoisotopic (exact) mass is 442 g/mol. The Morgan fingerprint density at radius 3 is 2.59 bits per heavy atom. The van der Waals surface area contributed by atoms with Gasteiger partial charge in [-0.3, -0.25) is 4.79 Å². The number of amides is 1. The summed E-state index contributed by atoms with van der Waals surface area (Å²) in [6, 6.07) is 24.4. The van der Waals surface area contributed by atoms with E-state index in [1.165, 1.54) is 11.1 Å². The number of hydrogen-bond acceptors (Lipinski definition) is 3. The molecule has 0 saturated carbocycles. The fourth-order valence-corrected chi connectivity index (χ4v) is 4.71. The van der Waals surface area contributed by atoms with Crippen LogP contribution < -0.4 is 5.73 Å². The summed E-state index contributed by atoms with van der Waals surface area (Å²) in [7, 11) is 0. The fraction of sp³-hybridized carbons (Fsp3) is 0.148. The topological polar surface area (TPSA) is 66.6 Å². The fourth-order valence-electron chi connectivity index (χ4n) is 4.51. The highest BCUT2D eigenvalue weighted by atomic mass is 35.5. The van der Waals surface area contributed by atoms with E-state index in [2.05, 4.69) is 24.3 Å². The molecule has 0 aliphatic carbocycles. The van der Waals surface area contributed by atoms with Gasteiger partial charge in [-0.1, -0.05) is 60.1 Å². The van der Waals surface area contributed by atoms with Crippen LogP contribution in [0.15, 0.2) is 78.9 Å². The van der Waals surface area contributed by atoms with Crippen molar-refractivity contribution in [3.05, 3.63) is 101 Å². The Morgan fingerprint density at radius 2 is 1.75 bits per heavy atom. The van der Waals surface area contributed by atoms with E-state index in [9.17, 15) is 9.90 Å². The number of phenolic OH excluding ortho intramolecular Hbond substituents is 1. The Morgan fingerprint density at radius 1 is 0.969 bits per heavy atom. The minimum absolute atomic E-state index is 0.0890. The normalized spacial score (nSPS) is 14.2. The first-order chi connectivity index (χ1) is 15.5. The molecular formula is C27H23ClN2O2. The number of aromatic hydroxyl groups is 1. The number of fused-ring (bicyclic) bond motifs is 2. The van der Waals surface area contributed by atoms with Gasteiger partial charge in [0.05, 0.1) is 0 Å². The number of hydrogen-bond donors (Lipinski definition) is 2. The Kier molecular flexibility index (Phi) is 5.33. The van der Waals surface area contributed by atoms with Gasteiger partial charge in [-0.2, -0.15) is 0 Å². The van der Waals surface area contributed by atoms with Gasteiger partial charge >= 0.3 is 0 Å². The van der Waals surface area contributed by atoms with Crippen molar-refractivity contribution in [2.75, 3.05) is 6.54 Å². The molecule has 5 heteroatoms. The number of benzene rings is 4. The Balaban J connectivity index is 1.42. The largest absolute Gasteiger partial charge is 0.508 e. The number of nitrogens with two attached hydrogens (primary N) is 1. The van der Waals surface area contributed by atoms with E-state index in [-0.39, 0.29) is 11.7 Å². The van der Waals surface area contributed by atoms with Gasteiger partial charge in [-0.15, -0.1) is 0 Å². The average Bonchev–Trinajstić information content (AvgIpc) is 2.82. The van der Waals surface area contributed by atoms with Crippen molar-refractivity contribution in [2.45, 2.75) is 19.0 Å². The zero-order chi connectivity index (χ0) is 22.2. The minimum Gasteiger partial charge on any atom is -0.508 e. The number of rotatable bonds is 3. The predicted molar refractivity (Wildman–Crippen MR) is 129 cm³/mol. The lowest BCUT2D eigenvalue weighted by atomic mass is 9.89. The molecule has 0 unspecified atom stereocenters. The van der Waals surface area contributed by atoms with E-state index in [1.54, 1.807) is 24.3 Å². The molecule has 0 saturated heterocycles. The molecule has 1 amide bonds. The average molecular weight is 443 g/mol. The SMILES string of the molecule is N[C@@H](C(=O)N1CCc2c(cccc2-c2ccc3cc(O)ccc3c2)C1)c1cccc(Cl)c1. The molecule has 4 nitrogen and oxygen atoms in total. The van der Waals surface area contributed by atoms with Crippen molar-refractivity contribution in [2.24, 2.45) is 5.73 Å². The van der Waals surface area contributed by atoms with Gasteiger partial charge in [-0.05, 0) is 75.3 Å². The standard InChI is InChI=1S/C27H23ClN2O2/c28-22-5-1-3-20(14-22)26(29)27(32)30-12-11-25-21(16-30)4-2-6-24(25)19-8-7-18-15-23(31)10-9-17(18)13-19/h1-10,13-15,26,31H,11-12,16,29H2/t26-/m1/s1. The quantitative estimate of drug-likeness (QED) is 0.443. The van der Waals surface area contributed by atoms with Gasteiger partial charge in [0, 0.05) is 18.1 Å². The summed E-state index contributed by atoms with van der Waals surface area (Å²) in [5.74, 6) is 0.178. The van der Waals surface area contributed by atoms with E-state index in [0.29, 0.717) is 18.1 Å². The van der Waals surface area contributed by atoms with E-state index in [0.717, 1.165) is 33.9 Å². The molecule has 1 aliphatic rings. The first-order valence-corrected chi connectivity index (χ1v) is 11.0. The molecule has 3 N–H and O–H groups in total. The molecule has 1 atom stereocenters. The summed E-state index contributed by atoms with van der Waals surface area (Å²) in [4.78, 5) is 14.9. The van der Waals surface area contributed by atoms with Crippen LogP contribution in [0.3, 0.4) is 0 Å². The second-order valence-electron chi connectivity index (χ2n) is 8.23. The van der Waals surface area contributed by atoms with E-state index in [4.69, 9.17) is 17.3 Å². The van der Waals surface area contributed by atoms with Crippen LogP contribution in [0.2, 0.25) is 5.02 Å². The summed E-state index contributed by atoms with van der Waals surface area (Å²) in [5, 5.41) is 12.4. The maximum absolute atomic E-state index is 13.1. The van der Waals surface area contributed by atoms with Crippen molar-refractivity contribution in [3.8, 4) is 16.9 Å². The Hall–Kier alpha value is -3.34. The molecule has 0 aromatic heterocycles. The molecule has 0 fully saturated rings. The maximum atomic E-state index is 13.1. The van der Waals surface area contributed by atoms with Gasteiger partial charge in [-0.25, -0.2) is 0 Å². The number of carbonyl (C=O) groups excluding carboxylic acids is 1. The van der Waals surface area contributed by atoms with Crippen LogP contribution in [0.4, 0.5) is 0 Å². The second kappa shape index (κ2) is 8.30. The first kappa shape index (κ1) is 20.6. The third-order valence-electron chi connectivity index (χ3n) is 6.19. The summed E-state index contributed by atoms with van der Waals surface area (Å²) in [6.45, 7) is 1.16. The third kappa shape index (κ3) is 3.83. The number of halogens is 1. The Labute approximate surface area is 191 Å². The van der Waals surface area contributed by atoms with Gasteiger partial charge in [0.1, 0.15) is 11.8 Å². The van der Waals surface area contributed by atoms with Crippen LogP contribution in [0.1, 0.15) is 22.7 Å². The van der Waals surface area contributed by atoms with Crippen molar-refractivity contribution < 1.29 is 9.90 Å². The second-order valence-corrected chi connectivity index (χ2v) is 8.67. The van der Waals surface area contributed by atoms with Crippen molar-refractivity contribution >= 4 is 28.3 Å². The van der Waals surface area contributed by atoms with Crippen molar-refractivity contribution in [1.29, 1.82) is 0 Å². The molecule has 1 heterocycles. The predicted octanol–water partition coefficient (Wildman–Crippen LogP) is 5.45. The number of carbonyl (C=O) groups is 1. The van der Waals surface area contributed by atoms with Crippen LogP contribution in [0.5, 0.6) is 5.75 Å². The Bertz CT molecular complexity index is 1330. The highest BCUT2D eigenvalue weighted by Gasteiger charge is 2.27. The summed E-state index contributed by atoms with van der Waals surface area (Å²) < 4.78 is 0. The van der Waals surface area contributed by atoms with Crippen LogP contribution in [0, 0.1) is 0 Å². The number of phenols is 1. The lowest BCUT2D eigenvalue weighted by Gasteiger charge is -2.32. The van der Waals surface area contributed by atoms with Gasteiger partial charge in [0.2, 0.25) is 5.91 Å². The van der Waals surface area contributed by atoms with Gasteiger partial charge in [0.25, 0.3) is 0 Å². The third-order valence-corrected chi connectivity index (χ3v) is 6.42. The molecule has 4 aromatic carbocycles. The summed E-state index contributed by atoms with van der Waals surface area (Å²) >= 11 is 6.07. The molecule has 5 rings (SSSR count). The van der Waals surface area contributed by atoms with Crippen LogP contribution in [0.25, 0.3) is 21.9 Å². The van der Waals surface area contributed by atoms with E-state index in [1.807, 2.05) is 35.2 Å². The molecule has 0 bridgehead atoms. The van der Waals surface area contributed by atoms with Crippen LogP contribution in [-0.4, -0.2) is 22.5 Å². The van der Waals surface area contributed by atoms with E-state index < -0.39 is 6.04 Å². The smallest absolute Gasteiger partial charge is 0.244 e. The lowest BCUT2D eigenvalue weighted by molar-refractivity contribution is -0.133. The molecular weight excluding hydrogens is 420 g/mol. The summed E-state index contributed by atoms with van der Waals surface area (Å²) in [6.07, 6.45) is 0.771. The van der Waals surface area contributed by atoms with Crippen LogP contribution in [-0.2, 0) is 17.8 Å². The molecule has 4 aromatic rings. The van der Waals surface area contributed by atoms with Gasteiger partial charge in [0.15, 0.2) is 0 Å². The first-order valence-electron chi connectivity index (χ1n) is 10.6. The highest BCUT2D eigenvalue weighted by molar-refractivity contribution is 6.30. The molecule has 1 aliphatic heterocycles. The highest BCUT2D eigenvalue weighted by Crippen LogP contribution is 2.33. The lowest BCUT2D eigenvalue weighted by Crippen LogP contribution is -2.41. The summed E-state index contributed by atoms with van der Waals surface area (Å²) in [5.41, 5.74) is 11.7. The zero-order valence-electron chi connectivity index (χ0n) is 17.5. The van der Waals surface area contributed by atoms with Gasteiger partial charge < -0.3 is 15.7 Å².